The van der Waals surface area contributed by atoms with Crippen molar-refractivity contribution in [2.75, 3.05) is 19.8 Å². The molecular formula is C15H23NO2. The lowest BCUT2D eigenvalue weighted by Gasteiger charge is -2.45. The molecule has 100 valence electrons. The summed E-state index contributed by atoms with van der Waals surface area (Å²) in [6.45, 7) is 5.82. The monoisotopic (exact) mass is 249 g/mol. The summed E-state index contributed by atoms with van der Waals surface area (Å²) >= 11 is 0. The largest absolute Gasteiger partial charge is 0.391 e. The quantitative estimate of drug-likeness (QED) is 0.836. The number of rotatable bonds is 5. The lowest BCUT2D eigenvalue weighted by molar-refractivity contribution is -0.116. The Morgan fingerprint density at radius 3 is 2.33 bits per heavy atom. The van der Waals surface area contributed by atoms with Gasteiger partial charge in [-0.1, -0.05) is 38.1 Å². The van der Waals surface area contributed by atoms with Crippen molar-refractivity contribution in [1.29, 1.82) is 0 Å². The molecule has 0 bridgehead atoms. The van der Waals surface area contributed by atoms with Crippen LogP contribution in [0.1, 0.15) is 37.3 Å². The molecule has 3 N–H and O–H groups in total. The van der Waals surface area contributed by atoms with Crippen LogP contribution < -0.4 is 5.73 Å². The zero-order valence-electron chi connectivity index (χ0n) is 11.2. The summed E-state index contributed by atoms with van der Waals surface area (Å²) in [6, 6.07) is 8.55. The van der Waals surface area contributed by atoms with Crippen molar-refractivity contribution in [2.45, 2.75) is 37.7 Å². The minimum Gasteiger partial charge on any atom is -0.391 e. The molecule has 2 atom stereocenters. The zero-order chi connectivity index (χ0) is 13.2. The molecule has 3 heteroatoms. The van der Waals surface area contributed by atoms with Crippen LogP contribution in [-0.2, 0) is 10.2 Å². The van der Waals surface area contributed by atoms with E-state index in [4.69, 9.17) is 10.5 Å². The minimum absolute atomic E-state index is 0.274. The maximum atomic E-state index is 10.1. The molecule has 3 nitrogen and oxygen atoms in total. The lowest BCUT2D eigenvalue weighted by Crippen LogP contribution is -2.57. The minimum atomic E-state index is -0.527. The average molecular weight is 249 g/mol. The lowest BCUT2D eigenvalue weighted by atomic mass is 9.73. The van der Waals surface area contributed by atoms with E-state index >= 15 is 0 Å². The Labute approximate surface area is 109 Å². The molecule has 18 heavy (non-hydrogen) atoms. The average Bonchev–Trinajstić information content (AvgIpc) is 2.37. The Morgan fingerprint density at radius 2 is 1.94 bits per heavy atom. The van der Waals surface area contributed by atoms with Gasteiger partial charge < -0.3 is 15.6 Å². The van der Waals surface area contributed by atoms with Gasteiger partial charge in [-0.2, -0.15) is 0 Å². The van der Waals surface area contributed by atoms with Gasteiger partial charge in [0, 0.05) is 6.54 Å². The van der Waals surface area contributed by atoms with E-state index in [1.165, 1.54) is 5.56 Å². The van der Waals surface area contributed by atoms with E-state index in [0.29, 0.717) is 19.1 Å². The van der Waals surface area contributed by atoms with Crippen molar-refractivity contribution in [3.8, 4) is 0 Å². The molecule has 0 saturated carbocycles. The smallest absolute Gasteiger partial charge is 0.0803 e. The molecule has 1 aromatic carbocycles. The van der Waals surface area contributed by atoms with E-state index < -0.39 is 6.10 Å². The molecule has 0 spiro atoms. The van der Waals surface area contributed by atoms with E-state index in [1.807, 2.05) is 0 Å². The molecule has 0 amide bonds. The van der Waals surface area contributed by atoms with Gasteiger partial charge in [0.2, 0.25) is 0 Å². The van der Waals surface area contributed by atoms with E-state index in [0.717, 1.165) is 12.0 Å². The van der Waals surface area contributed by atoms with Crippen molar-refractivity contribution in [3.63, 3.8) is 0 Å². The van der Waals surface area contributed by atoms with E-state index in [-0.39, 0.29) is 12.0 Å². The molecule has 1 saturated heterocycles. The van der Waals surface area contributed by atoms with E-state index in [1.54, 1.807) is 0 Å². The highest BCUT2D eigenvalue weighted by Gasteiger charge is 2.46. The van der Waals surface area contributed by atoms with Crippen LogP contribution in [-0.4, -0.2) is 31.0 Å². The molecule has 1 aliphatic rings. The van der Waals surface area contributed by atoms with Gasteiger partial charge in [0.15, 0.2) is 0 Å². The van der Waals surface area contributed by atoms with Crippen molar-refractivity contribution in [3.05, 3.63) is 35.4 Å². The highest BCUT2D eigenvalue weighted by Crippen LogP contribution is 2.36. The van der Waals surface area contributed by atoms with Gasteiger partial charge in [0.25, 0.3) is 0 Å². The first-order valence-electron chi connectivity index (χ1n) is 6.70. The summed E-state index contributed by atoms with van der Waals surface area (Å²) in [4.78, 5) is 0. The van der Waals surface area contributed by atoms with Crippen molar-refractivity contribution < 1.29 is 9.84 Å². The molecule has 2 rings (SSSR count). The fraction of sp³-hybridized carbons (Fsp3) is 0.600. The van der Waals surface area contributed by atoms with Gasteiger partial charge in [-0.05, 0) is 23.5 Å². The number of ether oxygens (including phenoxy) is 1. The third-order valence-corrected chi connectivity index (χ3v) is 4.25. The molecule has 0 radical (unpaired) electrons. The summed E-state index contributed by atoms with van der Waals surface area (Å²) in [5, 5.41) is 10.1. The third kappa shape index (κ3) is 2.18. The maximum Gasteiger partial charge on any atom is 0.0803 e. The van der Waals surface area contributed by atoms with Crippen LogP contribution in [0.5, 0.6) is 0 Å². The molecule has 1 fully saturated rings. The first-order chi connectivity index (χ1) is 8.64. The Kier molecular flexibility index (Phi) is 4.05. The number of benzene rings is 1. The van der Waals surface area contributed by atoms with Crippen LogP contribution in [0.25, 0.3) is 0 Å². The number of aliphatic hydroxyl groups is 1. The second-order valence-electron chi connectivity index (χ2n) is 5.33. The number of hydrogen-bond acceptors (Lipinski definition) is 3. The van der Waals surface area contributed by atoms with Crippen molar-refractivity contribution in [2.24, 2.45) is 5.73 Å². The second kappa shape index (κ2) is 5.39. The van der Waals surface area contributed by atoms with Gasteiger partial charge in [-0.3, -0.25) is 0 Å². The molecule has 1 heterocycles. The maximum absolute atomic E-state index is 10.1. The summed E-state index contributed by atoms with van der Waals surface area (Å²) in [6.07, 6.45) is 0.611. The van der Waals surface area contributed by atoms with Crippen LogP contribution in [0.3, 0.4) is 0 Å². The predicted octanol–water partition coefficient (Wildman–Crippen LogP) is 1.79. The van der Waals surface area contributed by atoms with Gasteiger partial charge in [-0.25, -0.2) is 0 Å². The Morgan fingerprint density at radius 1 is 1.33 bits per heavy atom. The van der Waals surface area contributed by atoms with Crippen molar-refractivity contribution >= 4 is 0 Å². The predicted molar refractivity (Wildman–Crippen MR) is 72.7 cm³/mol. The van der Waals surface area contributed by atoms with Gasteiger partial charge in [0.1, 0.15) is 0 Å². The number of aliphatic hydroxyl groups excluding tert-OH is 1. The van der Waals surface area contributed by atoms with Crippen LogP contribution in [0, 0.1) is 0 Å². The summed E-state index contributed by atoms with van der Waals surface area (Å²) in [5.74, 6) is 0.576. The number of nitrogens with two attached hydrogens (primary N) is 1. The highest BCUT2D eigenvalue weighted by molar-refractivity contribution is 5.34. The molecular weight excluding hydrogens is 226 g/mol. The first-order valence-corrected chi connectivity index (χ1v) is 6.70. The third-order valence-electron chi connectivity index (χ3n) is 4.25. The molecule has 0 aromatic heterocycles. The Hall–Kier alpha value is -0.900. The van der Waals surface area contributed by atoms with Crippen molar-refractivity contribution in [1.82, 2.24) is 0 Å². The van der Waals surface area contributed by atoms with Crippen LogP contribution in [0.4, 0.5) is 0 Å². The second-order valence-corrected chi connectivity index (χ2v) is 5.33. The SMILES string of the molecule is CCC(C)c1ccc(C2(C(O)CN)COC2)cc1. The Balaban J connectivity index is 2.23. The van der Waals surface area contributed by atoms with Crippen LogP contribution in [0.15, 0.2) is 24.3 Å². The van der Waals surface area contributed by atoms with E-state index in [9.17, 15) is 5.11 Å². The fourth-order valence-corrected chi connectivity index (χ4v) is 2.48. The fourth-order valence-electron chi connectivity index (χ4n) is 2.48. The molecule has 0 aliphatic carbocycles. The summed E-state index contributed by atoms with van der Waals surface area (Å²) in [7, 11) is 0. The van der Waals surface area contributed by atoms with Crippen LogP contribution >= 0.6 is 0 Å². The number of hydrogen-bond donors (Lipinski definition) is 2. The van der Waals surface area contributed by atoms with Gasteiger partial charge >= 0.3 is 0 Å². The molecule has 1 aliphatic heterocycles. The van der Waals surface area contributed by atoms with Gasteiger partial charge in [-0.15, -0.1) is 0 Å². The van der Waals surface area contributed by atoms with Gasteiger partial charge in [0.05, 0.1) is 24.7 Å². The summed E-state index contributed by atoms with van der Waals surface area (Å²) in [5.41, 5.74) is 7.79. The normalized spacial score (nSPS) is 21.1. The molecule has 2 unspecified atom stereocenters. The Bertz CT molecular complexity index is 384. The summed E-state index contributed by atoms with van der Waals surface area (Å²) < 4.78 is 5.30. The zero-order valence-corrected chi connectivity index (χ0v) is 11.2. The first kappa shape index (κ1) is 13.5. The highest BCUT2D eigenvalue weighted by atomic mass is 16.5. The topological polar surface area (TPSA) is 55.5 Å². The molecule has 1 aromatic rings. The standard InChI is InChI=1S/C15H23NO2/c1-3-11(2)12-4-6-13(7-5-12)15(9-18-10-15)14(17)8-16/h4-7,11,14,17H,3,8-10,16H2,1-2H3. The van der Waals surface area contributed by atoms with E-state index in [2.05, 4.69) is 38.1 Å². The van der Waals surface area contributed by atoms with Crippen LogP contribution in [0.2, 0.25) is 0 Å².